The minimum atomic E-state index is -0.230. The van der Waals surface area contributed by atoms with Gasteiger partial charge < -0.3 is 14.2 Å². The fourth-order valence-corrected chi connectivity index (χ4v) is 2.98. The Bertz CT molecular complexity index is 747. The van der Waals surface area contributed by atoms with Gasteiger partial charge in [-0.25, -0.2) is 0 Å². The van der Waals surface area contributed by atoms with Crippen molar-refractivity contribution in [2.24, 2.45) is 5.92 Å². The summed E-state index contributed by atoms with van der Waals surface area (Å²) in [6.45, 7) is 3.23. The molecule has 1 fully saturated rings. The molecule has 1 aliphatic rings. The summed E-state index contributed by atoms with van der Waals surface area (Å²) in [6, 6.07) is 5.45. The summed E-state index contributed by atoms with van der Waals surface area (Å²) >= 11 is 0. The van der Waals surface area contributed by atoms with E-state index in [1.165, 1.54) is 0 Å². The van der Waals surface area contributed by atoms with Crippen molar-refractivity contribution in [2.75, 3.05) is 19.7 Å². The molecule has 2 aromatic heterocycles. The van der Waals surface area contributed by atoms with Gasteiger partial charge in [-0.05, 0) is 31.9 Å². The van der Waals surface area contributed by atoms with Gasteiger partial charge in [0.15, 0.2) is 0 Å². The maximum absolute atomic E-state index is 12.4. The lowest BCUT2D eigenvalue weighted by atomic mass is 9.98. The predicted octanol–water partition coefficient (Wildman–Crippen LogP) is 1.87. The Labute approximate surface area is 151 Å². The average molecular weight is 358 g/mol. The van der Waals surface area contributed by atoms with Gasteiger partial charge in [0, 0.05) is 32.1 Å². The lowest BCUT2D eigenvalue weighted by Gasteiger charge is -2.31. The molecule has 8 nitrogen and oxygen atoms in total. The zero-order valence-electron chi connectivity index (χ0n) is 14.8. The lowest BCUT2D eigenvalue weighted by molar-refractivity contribution is -0.151. The number of carbonyl (C=O) groups excluding carboxylic acids is 2. The molecule has 1 saturated heterocycles. The van der Waals surface area contributed by atoms with Crippen molar-refractivity contribution in [1.82, 2.24) is 20.0 Å². The maximum atomic E-state index is 12.4. The van der Waals surface area contributed by atoms with E-state index in [4.69, 9.17) is 9.26 Å². The first-order chi connectivity index (χ1) is 12.7. The largest absolute Gasteiger partial charge is 0.466 e. The van der Waals surface area contributed by atoms with E-state index in [9.17, 15) is 9.59 Å². The molecule has 2 aromatic rings. The normalized spacial score (nSPS) is 17.1. The lowest BCUT2D eigenvalue weighted by Crippen LogP contribution is -2.42. The van der Waals surface area contributed by atoms with Gasteiger partial charge in [-0.15, -0.1) is 0 Å². The van der Waals surface area contributed by atoms with Crippen molar-refractivity contribution < 1.29 is 18.8 Å². The third-order valence-corrected chi connectivity index (χ3v) is 4.31. The molecule has 1 unspecified atom stereocenters. The number of aromatic nitrogens is 3. The van der Waals surface area contributed by atoms with E-state index in [2.05, 4.69) is 15.1 Å². The van der Waals surface area contributed by atoms with Crippen LogP contribution in [0, 0.1) is 5.92 Å². The summed E-state index contributed by atoms with van der Waals surface area (Å²) in [5.74, 6) is 0.344. The third kappa shape index (κ3) is 4.44. The van der Waals surface area contributed by atoms with Gasteiger partial charge in [0.25, 0.3) is 0 Å². The van der Waals surface area contributed by atoms with E-state index >= 15 is 0 Å². The van der Waals surface area contributed by atoms with Crippen LogP contribution in [0.3, 0.4) is 0 Å². The van der Waals surface area contributed by atoms with Crippen LogP contribution >= 0.6 is 0 Å². The number of esters is 1. The highest BCUT2D eigenvalue weighted by Gasteiger charge is 2.29. The summed E-state index contributed by atoms with van der Waals surface area (Å²) < 4.78 is 10.3. The molecule has 1 amide bonds. The fraction of sp³-hybridized carbons (Fsp3) is 0.500. The molecule has 26 heavy (non-hydrogen) atoms. The van der Waals surface area contributed by atoms with Crippen LogP contribution in [0.5, 0.6) is 0 Å². The first-order valence-electron chi connectivity index (χ1n) is 8.85. The van der Waals surface area contributed by atoms with Crippen molar-refractivity contribution >= 4 is 11.9 Å². The number of pyridine rings is 1. The topological polar surface area (TPSA) is 98.4 Å². The van der Waals surface area contributed by atoms with E-state index in [1.54, 1.807) is 24.1 Å². The van der Waals surface area contributed by atoms with E-state index in [0.29, 0.717) is 43.5 Å². The number of likely N-dealkylation sites (tertiary alicyclic amines) is 1. The number of hydrogen-bond donors (Lipinski definition) is 0. The molecule has 1 aliphatic heterocycles. The number of amides is 1. The Kier molecular flexibility index (Phi) is 5.93. The monoisotopic (exact) mass is 358 g/mol. The molecule has 1 atom stereocenters. The van der Waals surface area contributed by atoms with Crippen LogP contribution in [-0.2, 0) is 20.7 Å². The van der Waals surface area contributed by atoms with Gasteiger partial charge in [0.2, 0.25) is 17.6 Å². The number of carbonyl (C=O) groups is 2. The first-order valence-corrected chi connectivity index (χ1v) is 8.85. The second kappa shape index (κ2) is 8.55. The van der Waals surface area contributed by atoms with Crippen molar-refractivity contribution in [1.29, 1.82) is 0 Å². The summed E-state index contributed by atoms with van der Waals surface area (Å²) in [6.07, 6.45) is 3.85. The smallest absolute Gasteiger partial charge is 0.310 e. The second-order valence-corrected chi connectivity index (χ2v) is 6.16. The molecule has 0 spiro atoms. The molecule has 0 aromatic carbocycles. The SMILES string of the molecule is CCOC(=O)C1CCCN(C(=O)CCc2nc(-c3ccccn3)no2)C1. The molecule has 138 valence electrons. The van der Waals surface area contributed by atoms with Crippen molar-refractivity contribution in [3.8, 4) is 11.5 Å². The highest BCUT2D eigenvalue weighted by molar-refractivity contribution is 5.78. The Morgan fingerprint density at radius 2 is 2.27 bits per heavy atom. The molecular weight excluding hydrogens is 336 g/mol. The average Bonchev–Trinajstić information content (AvgIpc) is 3.16. The number of hydrogen-bond acceptors (Lipinski definition) is 7. The van der Waals surface area contributed by atoms with Gasteiger partial charge >= 0.3 is 5.97 Å². The minimum Gasteiger partial charge on any atom is -0.466 e. The van der Waals surface area contributed by atoms with Crippen molar-refractivity contribution in [2.45, 2.75) is 32.6 Å². The molecule has 0 saturated carbocycles. The molecule has 0 aliphatic carbocycles. The van der Waals surface area contributed by atoms with Crippen LogP contribution < -0.4 is 0 Å². The van der Waals surface area contributed by atoms with Gasteiger partial charge in [0.05, 0.1) is 12.5 Å². The fourth-order valence-electron chi connectivity index (χ4n) is 2.98. The molecule has 0 N–H and O–H groups in total. The zero-order valence-corrected chi connectivity index (χ0v) is 14.8. The van der Waals surface area contributed by atoms with Crippen LogP contribution in [0.4, 0.5) is 0 Å². The first kappa shape index (κ1) is 18.0. The van der Waals surface area contributed by atoms with Gasteiger partial charge in [-0.1, -0.05) is 11.2 Å². The Morgan fingerprint density at radius 3 is 3.04 bits per heavy atom. The minimum absolute atomic E-state index is 0.0171. The third-order valence-electron chi connectivity index (χ3n) is 4.31. The molecule has 8 heteroatoms. The predicted molar refractivity (Wildman–Crippen MR) is 91.8 cm³/mol. The number of ether oxygens (including phenoxy) is 1. The number of rotatable bonds is 6. The standard InChI is InChI=1S/C18H22N4O4/c1-2-25-18(24)13-6-5-11-22(12-13)16(23)9-8-15-20-17(21-26-15)14-7-3-4-10-19-14/h3-4,7,10,13H,2,5-6,8-9,11-12H2,1H3. The van der Waals surface area contributed by atoms with Crippen LogP contribution in [0.15, 0.2) is 28.9 Å². The van der Waals surface area contributed by atoms with E-state index in [0.717, 1.165) is 12.8 Å². The number of nitrogens with zero attached hydrogens (tertiary/aromatic N) is 4. The van der Waals surface area contributed by atoms with Crippen LogP contribution in [-0.4, -0.2) is 51.6 Å². The van der Waals surface area contributed by atoms with Crippen LogP contribution in [0.25, 0.3) is 11.5 Å². The zero-order chi connectivity index (χ0) is 18.4. The summed E-state index contributed by atoms with van der Waals surface area (Å²) in [4.78, 5) is 34.5. The molecule has 0 bridgehead atoms. The maximum Gasteiger partial charge on any atom is 0.310 e. The molecule has 0 radical (unpaired) electrons. The van der Waals surface area contributed by atoms with E-state index < -0.39 is 0 Å². The summed E-state index contributed by atoms with van der Waals surface area (Å²) in [7, 11) is 0. The Balaban J connectivity index is 1.52. The Morgan fingerprint density at radius 1 is 1.38 bits per heavy atom. The van der Waals surface area contributed by atoms with Gasteiger partial charge in [0.1, 0.15) is 5.69 Å². The van der Waals surface area contributed by atoms with Crippen LogP contribution in [0.2, 0.25) is 0 Å². The van der Waals surface area contributed by atoms with Crippen molar-refractivity contribution in [3.05, 3.63) is 30.3 Å². The van der Waals surface area contributed by atoms with E-state index in [1.807, 2.05) is 12.1 Å². The second-order valence-electron chi connectivity index (χ2n) is 6.16. The number of aryl methyl sites for hydroxylation is 1. The summed E-state index contributed by atoms with van der Waals surface area (Å²) in [5.41, 5.74) is 0.627. The van der Waals surface area contributed by atoms with E-state index in [-0.39, 0.29) is 24.2 Å². The number of piperidine rings is 1. The Hall–Kier alpha value is -2.77. The van der Waals surface area contributed by atoms with Crippen LogP contribution in [0.1, 0.15) is 32.1 Å². The van der Waals surface area contributed by atoms with Gasteiger partial charge in [-0.3, -0.25) is 14.6 Å². The quantitative estimate of drug-likeness (QED) is 0.727. The molecule has 3 heterocycles. The summed E-state index contributed by atoms with van der Waals surface area (Å²) in [5, 5.41) is 3.90. The molecule has 3 rings (SSSR count). The molecular formula is C18H22N4O4. The highest BCUT2D eigenvalue weighted by Crippen LogP contribution is 2.19. The van der Waals surface area contributed by atoms with Gasteiger partial charge in [-0.2, -0.15) is 4.98 Å². The van der Waals surface area contributed by atoms with Crippen molar-refractivity contribution in [3.63, 3.8) is 0 Å². The highest BCUT2D eigenvalue weighted by atomic mass is 16.5.